The van der Waals surface area contributed by atoms with Crippen LogP contribution in [0.4, 0.5) is 17.6 Å². The molecule has 0 unspecified atom stereocenters. The first kappa shape index (κ1) is 23.9. The molecule has 0 radical (unpaired) electrons. The molecule has 0 saturated heterocycles. The standard InChI is InChI=1S/C24H28F4O2/c1-3-8-17-11-13-18(14-12-17)9-6-5-7-10-20(29)19-15-16-21(30-4-2)23(25)22(19)24(26,27)28/h11-16H,3-10H2,1-2H3. The number of ether oxygens (including phenoxy) is 1. The van der Waals surface area contributed by atoms with Crippen molar-refractivity contribution < 1.29 is 27.1 Å². The highest BCUT2D eigenvalue weighted by Gasteiger charge is 2.39. The Morgan fingerprint density at radius 2 is 1.53 bits per heavy atom. The molecule has 0 bridgehead atoms. The Morgan fingerprint density at radius 3 is 2.10 bits per heavy atom. The highest BCUT2D eigenvalue weighted by Crippen LogP contribution is 2.38. The van der Waals surface area contributed by atoms with Gasteiger partial charge < -0.3 is 4.74 Å². The quantitative estimate of drug-likeness (QED) is 0.217. The number of Topliss-reactive ketones (excluding diaryl/α,β-unsaturated/α-hetero) is 1. The fourth-order valence-electron chi connectivity index (χ4n) is 3.42. The van der Waals surface area contributed by atoms with Crippen LogP contribution in [-0.2, 0) is 19.0 Å². The average molecular weight is 424 g/mol. The zero-order valence-corrected chi connectivity index (χ0v) is 17.4. The van der Waals surface area contributed by atoms with E-state index in [1.165, 1.54) is 11.1 Å². The topological polar surface area (TPSA) is 26.3 Å². The lowest BCUT2D eigenvalue weighted by molar-refractivity contribution is -0.140. The van der Waals surface area contributed by atoms with Gasteiger partial charge >= 0.3 is 6.18 Å². The lowest BCUT2D eigenvalue weighted by Gasteiger charge is -2.15. The monoisotopic (exact) mass is 424 g/mol. The van der Waals surface area contributed by atoms with Crippen molar-refractivity contribution in [1.82, 2.24) is 0 Å². The SMILES string of the molecule is CCCc1ccc(CCCCCC(=O)c2ccc(OCC)c(F)c2C(F)(F)F)cc1. The Morgan fingerprint density at radius 1 is 0.900 bits per heavy atom. The Bertz CT molecular complexity index is 826. The van der Waals surface area contributed by atoms with Gasteiger partial charge in [-0.2, -0.15) is 13.2 Å². The van der Waals surface area contributed by atoms with Gasteiger partial charge in [0.2, 0.25) is 0 Å². The van der Waals surface area contributed by atoms with Crippen molar-refractivity contribution >= 4 is 5.78 Å². The van der Waals surface area contributed by atoms with Crippen LogP contribution in [0.1, 0.15) is 73.0 Å². The van der Waals surface area contributed by atoms with Gasteiger partial charge in [-0.25, -0.2) is 4.39 Å². The number of rotatable bonds is 11. The van der Waals surface area contributed by atoms with E-state index in [9.17, 15) is 22.4 Å². The van der Waals surface area contributed by atoms with E-state index in [4.69, 9.17) is 4.74 Å². The van der Waals surface area contributed by atoms with Crippen LogP contribution in [0.15, 0.2) is 36.4 Å². The number of alkyl halides is 3. The molecule has 164 valence electrons. The van der Waals surface area contributed by atoms with Crippen LogP contribution in [0, 0.1) is 5.82 Å². The molecule has 2 rings (SSSR count). The number of hydrogen-bond acceptors (Lipinski definition) is 2. The van der Waals surface area contributed by atoms with Gasteiger partial charge in [0.05, 0.1) is 6.61 Å². The molecule has 0 aliphatic rings. The second kappa shape index (κ2) is 11.1. The van der Waals surface area contributed by atoms with Gasteiger partial charge in [-0.3, -0.25) is 4.79 Å². The van der Waals surface area contributed by atoms with E-state index < -0.39 is 34.7 Å². The second-order valence-electron chi connectivity index (χ2n) is 7.28. The summed E-state index contributed by atoms with van der Waals surface area (Å²) >= 11 is 0. The number of benzene rings is 2. The van der Waals surface area contributed by atoms with Gasteiger partial charge in [0, 0.05) is 12.0 Å². The minimum absolute atomic E-state index is 0.0306. The maximum Gasteiger partial charge on any atom is 0.420 e. The van der Waals surface area contributed by atoms with E-state index in [1.807, 2.05) is 0 Å². The summed E-state index contributed by atoms with van der Waals surface area (Å²) in [5, 5.41) is 0. The first-order valence-electron chi connectivity index (χ1n) is 10.4. The van der Waals surface area contributed by atoms with Gasteiger partial charge in [0.25, 0.3) is 0 Å². The molecule has 0 saturated carbocycles. The number of carbonyl (C=O) groups is 1. The summed E-state index contributed by atoms with van der Waals surface area (Å²) in [6.45, 7) is 3.71. The number of ketones is 1. The molecular formula is C24H28F4O2. The van der Waals surface area contributed by atoms with Crippen molar-refractivity contribution in [3.63, 3.8) is 0 Å². The van der Waals surface area contributed by atoms with Crippen LogP contribution in [0.25, 0.3) is 0 Å². The molecule has 0 spiro atoms. The van der Waals surface area contributed by atoms with Gasteiger partial charge in [-0.1, -0.05) is 44.0 Å². The van der Waals surface area contributed by atoms with Crippen LogP contribution < -0.4 is 4.74 Å². The van der Waals surface area contributed by atoms with Crippen molar-refractivity contribution in [2.45, 2.75) is 65.0 Å². The Labute approximate surface area is 175 Å². The molecule has 0 aliphatic carbocycles. The molecule has 6 heteroatoms. The van der Waals surface area contributed by atoms with Crippen molar-refractivity contribution in [2.24, 2.45) is 0 Å². The second-order valence-corrected chi connectivity index (χ2v) is 7.28. The average Bonchev–Trinajstić information content (AvgIpc) is 2.69. The molecule has 0 atom stereocenters. The minimum Gasteiger partial charge on any atom is -0.491 e. The van der Waals surface area contributed by atoms with Crippen LogP contribution in [-0.4, -0.2) is 12.4 Å². The smallest absolute Gasteiger partial charge is 0.420 e. The summed E-state index contributed by atoms with van der Waals surface area (Å²) in [4.78, 5) is 12.4. The van der Waals surface area contributed by atoms with Gasteiger partial charge in [0.1, 0.15) is 5.56 Å². The highest BCUT2D eigenvalue weighted by atomic mass is 19.4. The van der Waals surface area contributed by atoms with Crippen LogP contribution in [0.3, 0.4) is 0 Å². The van der Waals surface area contributed by atoms with E-state index in [-0.39, 0.29) is 13.0 Å². The van der Waals surface area contributed by atoms with Gasteiger partial charge in [-0.15, -0.1) is 0 Å². The molecule has 0 amide bonds. The molecule has 2 nitrogen and oxygen atoms in total. The predicted molar refractivity (Wildman–Crippen MR) is 110 cm³/mol. The van der Waals surface area contributed by atoms with E-state index in [2.05, 4.69) is 31.2 Å². The molecule has 2 aromatic carbocycles. The summed E-state index contributed by atoms with van der Waals surface area (Å²) in [7, 11) is 0. The minimum atomic E-state index is -4.97. The van der Waals surface area contributed by atoms with Crippen molar-refractivity contribution in [1.29, 1.82) is 0 Å². The first-order chi connectivity index (χ1) is 14.3. The van der Waals surface area contributed by atoms with Gasteiger partial charge in [0.15, 0.2) is 17.3 Å². The molecule has 0 aliphatic heterocycles. The third kappa shape index (κ3) is 6.57. The Hall–Kier alpha value is -2.37. The summed E-state index contributed by atoms with van der Waals surface area (Å²) < 4.78 is 59.2. The number of halogens is 4. The molecule has 0 aromatic heterocycles. The largest absolute Gasteiger partial charge is 0.491 e. The summed E-state index contributed by atoms with van der Waals surface area (Å²) in [5.41, 5.74) is 0.338. The molecule has 2 aromatic rings. The van der Waals surface area contributed by atoms with Gasteiger partial charge in [-0.05, 0) is 55.9 Å². The van der Waals surface area contributed by atoms with E-state index in [0.29, 0.717) is 12.8 Å². The fourth-order valence-corrected chi connectivity index (χ4v) is 3.42. The maximum absolute atomic E-state index is 14.3. The lowest BCUT2D eigenvalue weighted by atomic mass is 9.97. The van der Waals surface area contributed by atoms with Crippen molar-refractivity contribution in [2.75, 3.05) is 6.61 Å². The number of aryl methyl sites for hydroxylation is 2. The maximum atomic E-state index is 14.3. The number of unbranched alkanes of at least 4 members (excludes halogenated alkanes) is 2. The Balaban J connectivity index is 1.92. The van der Waals surface area contributed by atoms with E-state index >= 15 is 0 Å². The molecular weight excluding hydrogens is 396 g/mol. The molecule has 0 heterocycles. The number of hydrogen-bond donors (Lipinski definition) is 0. The van der Waals surface area contributed by atoms with Crippen molar-refractivity contribution in [3.8, 4) is 5.75 Å². The van der Waals surface area contributed by atoms with Crippen LogP contribution in [0.5, 0.6) is 5.75 Å². The third-order valence-electron chi connectivity index (χ3n) is 4.92. The Kier molecular flexibility index (Phi) is 8.88. The molecule has 30 heavy (non-hydrogen) atoms. The highest BCUT2D eigenvalue weighted by molar-refractivity contribution is 5.97. The summed E-state index contributed by atoms with van der Waals surface area (Å²) in [6, 6.07) is 10.5. The third-order valence-corrected chi connectivity index (χ3v) is 4.92. The van der Waals surface area contributed by atoms with Crippen molar-refractivity contribution in [3.05, 3.63) is 64.5 Å². The zero-order chi connectivity index (χ0) is 22.1. The summed E-state index contributed by atoms with van der Waals surface area (Å²) in [5.74, 6) is -2.72. The predicted octanol–water partition coefficient (Wildman–Crippen LogP) is 7.18. The van der Waals surface area contributed by atoms with E-state index in [0.717, 1.165) is 37.8 Å². The summed E-state index contributed by atoms with van der Waals surface area (Å²) in [6.07, 6.45) is -0.00730. The zero-order valence-electron chi connectivity index (χ0n) is 17.4. The normalized spacial score (nSPS) is 11.5. The number of carbonyl (C=O) groups excluding carboxylic acids is 1. The first-order valence-corrected chi connectivity index (χ1v) is 10.4. The lowest BCUT2D eigenvalue weighted by Crippen LogP contribution is -2.16. The van der Waals surface area contributed by atoms with E-state index in [1.54, 1.807) is 6.92 Å². The van der Waals surface area contributed by atoms with Crippen LogP contribution in [0.2, 0.25) is 0 Å². The molecule has 0 fully saturated rings. The molecule has 0 N–H and O–H groups in total. The van der Waals surface area contributed by atoms with Crippen LogP contribution >= 0.6 is 0 Å². The fraction of sp³-hybridized carbons (Fsp3) is 0.458.